The second-order valence-electron chi connectivity index (χ2n) is 9.77. The molecular weight excluding hydrogens is 530 g/mol. The molecule has 2 N–H and O–H groups in total. The van der Waals surface area contributed by atoms with Gasteiger partial charge in [0.15, 0.2) is 11.5 Å². The van der Waals surface area contributed by atoms with Crippen molar-refractivity contribution in [3.05, 3.63) is 77.9 Å². The van der Waals surface area contributed by atoms with E-state index in [1.165, 1.54) is 38.8 Å². The number of anilines is 2. The maximum Gasteiger partial charge on any atom is 0.264 e. The van der Waals surface area contributed by atoms with E-state index in [-0.39, 0.29) is 22.5 Å². The zero-order valence-electron chi connectivity index (χ0n) is 23.0. The first-order valence-electron chi connectivity index (χ1n) is 13.2. The molecule has 0 radical (unpaired) electrons. The number of carbonyl (C=O) groups is 2. The lowest BCUT2D eigenvalue weighted by molar-refractivity contribution is -0.114. The van der Waals surface area contributed by atoms with Gasteiger partial charge in [0.05, 0.1) is 36.1 Å². The Labute approximate surface area is 235 Å². The number of benzene rings is 3. The Kier molecular flexibility index (Phi) is 9.31. The summed E-state index contributed by atoms with van der Waals surface area (Å²) in [5, 5.41) is 5.82. The Morgan fingerprint density at radius 1 is 0.900 bits per heavy atom. The Morgan fingerprint density at radius 3 is 2.25 bits per heavy atom. The van der Waals surface area contributed by atoms with Gasteiger partial charge in [-0.15, -0.1) is 0 Å². The van der Waals surface area contributed by atoms with Gasteiger partial charge >= 0.3 is 0 Å². The van der Waals surface area contributed by atoms with E-state index in [9.17, 15) is 18.0 Å². The number of nitrogens with one attached hydrogen (secondary N) is 2. The quantitative estimate of drug-likeness (QED) is 0.361. The lowest BCUT2D eigenvalue weighted by Gasteiger charge is -2.25. The molecular formula is C30H35N3O6S. The lowest BCUT2D eigenvalue weighted by atomic mass is 9.95. The molecule has 1 fully saturated rings. The second-order valence-corrected chi connectivity index (χ2v) is 11.6. The monoisotopic (exact) mass is 565 g/mol. The number of nitrogens with zero attached hydrogens (tertiary/aromatic N) is 1. The highest BCUT2D eigenvalue weighted by molar-refractivity contribution is 7.92. The molecule has 0 aromatic heterocycles. The van der Waals surface area contributed by atoms with Crippen LogP contribution in [-0.2, 0) is 14.8 Å². The van der Waals surface area contributed by atoms with Gasteiger partial charge in [0.25, 0.3) is 15.9 Å². The normalized spacial score (nSPS) is 13.8. The van der Waals surface area contributed by atoms with Gasteiger partial charge in [0, 0.05) is 12.1 Å². The van der Waals surface area contributed by atoms with E-state index < -0.39 is 22.5 Å². The Balaban J connectivity index is 1.62. The van der Waals surface area contributed by atoms with Crippen molar-refractivity contribution in [2.24, 2.45) is 0 Å². The highest BCUT2D eigenvalue weighted by Crippen LogP contribution is 2.34. The molecule has 9 nitrogen and oxygen atoms in total. The molecule has 1 aliphatic carbocycles. The van der Waals surface area contributed by atoms with E-state index in [4.69, 9.17) is 9.47 Å². The second kappa shape index (κ2) is 12.9. The van der Waals surface area contributed by atoms with Crippen molar-refractivity contribution in [1.29, 1.82) is 0 Å². The van der Waals surface area contributed by atoms with Crippen LogP contribution in [-0.4, -0.2) is 47.0 Å². The van der Waals surface area contributed by atoms with E-state index in [1.807, 2.05) is 6.92 Å². The van der Waals surface area contributed by atoms with Crippen LogP contribution in [0.25, 0.3) is 0 Å². The van der Waals surface area contributed by atoms with Gasteiger partial charge in [-0.2, -0.15) is 0 Å². The Bertz CT molecular complexity index is 1450. The van der Waals surface area contributed by atoms with Crippen molar-refractivity contribution in [2.75, 3.05) is 30.4 Å². The van der Waals surface area contributed by atoms with Crippen LogP contribution in [0.1, 0.15) is 48.0 Å². The lowest BCUT2D eigenvalue weighted by Crippen LogP contribution is -2.39. The fourth-order valence-corrected chi connectivity index (χ4v) is 6.17. The van der Waals surface area contributed by atoms with Gasteiger partial charge in [0.2, 0.25) is 5.91 Å². The summed E-state index contributed by atoms with van der Waals surface area (Å²) in [7, 11) is -1.22. The average Bonchev–Trinajstić information content (AvgIpc) is 2.96. The first-order valence-corrected chi connectivity index (χ1v) is 14.7. The molecule has 40 heavy (non-hydrogen) atoms. The average molecular weight is 566 g/mol. The molecule has 0 heterocycles. The minimum atomic E-state index is -4.15. The summed E-state index contributed by atoms with van der Waals surface area (Å²) in [6.07, 6.45) is 5.17. The number of methoxy groups -OCH3 is 2. The third-order valence-corrected chi connectivity index (χ3v) is 8.73. The van der Waals surface area contributed by atoms with Gasteiger partial charge < -0.3 is 20.1 Å². The van der Waals surface area contributed by atoms with Crippen molar-refractivity contribution in [3.63, 3.8) is 0 Å². The van der Waals surface area contributed by atoms with Crippen LogP contribution in [0, 0.1) is 6.92 Å². The van der Waals surface area contributed by atoms with Gasteiger partial charge in [0.1, 0.15) is 6.54 Å². The van der Waals surface area contributed by atoms with Crippen molar-refractivity contribution in [3.8, 4) is 11.5 Å². The van der Waals surface area contributed by atoms with Crippen molar-refractivity contribution in [2.45, 2.75) is 50.0 Å². The van der Waals surface area contributed by atoms with Crippen LogP contribution in [0.15, 0.2) is 71.6 Å². The topological polar surface area (TPSA) is 114 Å². The third-order valence-electron chi connectivity index (χ3n) is 6.94. The predicted molar refractivity (Wildman–Crippen MR) is 155 cm³/mol. The van der Waals surface area contributed by atoms with Crippen LogP contribution >= 0.6 is 0 Å². The van der Waals surface area contributed by atoms with Crippen molar-refractivity contribution in [1.82, 2.24) is 5.32 Å². The Hall–Kier alpha value is -4.05. The minimum absolute atomic E-state index is 0.0351. The van der Waals surface area contributed by atoms with Gasteiger partial charge in [-0.25, -0.2) is 8.42 Å². The van der Waals surface area contributed by atoms with Gasteiger partial charge in [-0.3, -0.25) is 13.9 Å². The summed E-state index contributed by atoms with van der Waals surface area (Å²) in [5.41, 5.74) is 1.75. The number of hydrogen-bond acceptors (Lipinski definition) is 6. The first-order chi connectivity index (χ1) is 19.2. The fourth-order valence-electron chi connectivity index (χ4n) is 4.75. The van der Waals surface area contributed by atoms with E-state index in [2.05, 4.69) is 10.6 Å². The summed E-state index contributed by atoms with van der Waals surface area (Å²) >= 11 is 0. The smallest absolute Gasteiger partial charge is 0.264 e. The molecule has 10 heteroatoms. The minimum Gasteiger partial charge on any atom is -0.493 e. The molecule has 0 saturated heterocycles. The first kappa shape index (κ1) is 28.9. The van der Waals surface area contributed by atoms with E-state index >= 15 is 0 Å². The number of hydrogen-bond donors (Lipinski definition) is 2. The molecule has 212 valence electrons. The van der Waals surface area contributed by atoms with Gasteiger partial charge in [-0.05, 0) is 56.2 Å². The van der Waals surface area contributed by atoms with E-state index in [1.54, 1.807) is 48.5 Å². The molecule has 0 spiro atoms. The number of aryl methyl sites for hydroxylation is 1. The van der Waals surface area contributed by atoms with Crippen molar-refractivity contribution >= 4 is 33.2 Å². The molecule has 0 bridgehead atoms. The molecule has 3 aromatic carbocycles. The van der Waals surface area contributed by atoms with Crippen LogP contribution in [0.2, 0.25) is 0 Å². The maximum atomic E-state index is 13.8. The number of para-hydroxylation sites is 1. The standard InChI is InChI=1S/C30H35N3O6S/c1-21-13-16-24(17-14-21)40(36,37)33(23-15-18-27(38-2)28(19-23)39-3)20-29(34)32-26-12-8-7-11-25(26)30(35)31-22-9-5-4-6-10-22/h7-8,11-19,22H,4-6,9-10,20H2,1-3H3,(H,31,35)(H,32,34). The molecule has 3 aromatic rings. The number of ether oxygens (including phenoxy) is 2. The summed E-state index contributed by atoms with van der Waals surface area (Å²) in [6, 6.07) is 17.8. The number of sulfonamides is 1. The summed E-state index contributed by atoms with van der Waals surface area (Å²) in [6.45, 7) is 1.32. The molecule has 0 aliphatic heterocycles. The molecule has 1 aliphatic rings. The highest BCUT2D eigenvalue weighted by Gasteiger charge is 2.29. The van der Waals surface area contributed by atoms with E-state index in [0.29, 0.717) is 22.7 Å². The number of amides is 2. The molecule has 4 rings (SSSR count). The van der Waals surface area contributed by atoms with Gasteiger partial charge in [-0.1, -0.05) is 49.1 Å². The molecule has 1 saturated carbocycles. The SMILES string of the molecule is COc1ccc(N(CC(=O)Nc2ccccc2C(=O)NC2CCCCC2)S(=O)(=O)c2ccc(C)cc2)cc1OC. The fraction of sp³-hybridized carbons (Fsp3) is 0.333. The van der Waals surface area contributed by atoms with Crippen LogP contribution in [0.4, 0.5) is 11.4 Å². The predicted octanol–water partition coefficient (Wildman–Crippen LogP) is 4.91. The number of rotatable bonds is 10. The molecule has 0 unspecified atom stereocenters. The zero-order valence-corrected chi connectivity index (χ0v) is 23.8. The van der Waals surface area contributed by atoms with Crippen LogP contribution in [0.3, 0.4) is 0 Å². The Morgan fingerprint density at radius 2 is 1.57 bits per heavy atom. The number of carbonyl (C=O) groups excluding carboxylic acids is 2. The highest BCUT2D eigenvalue weighted by atomic mass is 32.2. The maximum absolute atomic E-state index is 13.8. The largest absolute Gasteiger partial charge is 0.493 e. The summed E-state index contributed by atoms with van der Waals surface area (Å²) < 4.78 is 39.3. The van der Waals surface area contributed by atoms with Crippen LogP contribution in [0.5, 0.6) is 11.5 Å². The summed E-state index contributed by atoms with van der Waals surface area (Å²) in [4.78, 5) is 26.5. The van der Waals surface area contributed by atoms with E-state index in [0.717, 1.165) is 35.6 Å². The third kappa shape index (κ3) is 6.74. The summed E-state index contributed by atoms with van der Waals surface area (Å²) in [5.74, 6) is -0.147. The zero-order chi connectivity index (χ0) is 28.7. The molecule has 2 amide bonds. The van der Waals surface area contributed by atoms with Crippen LogP contribution < -0.4 is 24.4 Å². The van der Waals surface area contributed by atoms with Crippen molar-refractivity contribution < 1.29 is 27.5 Å². The molecule has 0 atom stereocenters.